The number of carbonyl (C=O) groups excluding carboxylic acids is 2. The lowest BCUT2D eigenvalue weighted by molar-refractivity contribution is -0.152. The molecule has 15 heavy (non-hydrogen) atoms. The Morgan fingerprint density at radius 3 is 2.67 bits per heavy atom. The molecule has 1 unspecified atom stereocenters. The molecule has 0 radical (unpaired) electrons. The fourth-order valence-electron chi connectivity index (χ4n) is 1.67. The Labute approximate surface area is 90.3 Å². The van der Waals surface area contributed by atoms with Crippen LogP contribution in [0.1, 0.15) is 27.2 Å². The van der Waals surface area contributed by atoms with Crippen molar-refractivity contribution in [3.63, 3.8) is 0 Å². The minimum atomic E-state index is -0.787. The zero-order chi connectivity index (χ0) is 11.6. The van der Waals surface area contributed by atoms with Crippen LogP contribution in [-0.2, 0) is 9.59 Å². The smallest absolute Gasteiger partial charge is 0.248 e. The van der Waals surface area contributed by atoms with Crippen molar-refractivity contribution < 1.29 is 9.59 Å². The van der Waals surface area contributed by atoms with Crippen LogP contribution in [0.2, 0.25) is 0 Å². The molecule has 4 nitrogen and oxygen atoms in total. The van der Waals surface area contributed by atoms with Crippen LogP contribution < -0.4 is 5.32 Å². The van der Waals surface area contributed by atoms with Crippen molar-refractivity contribution in [1.29, 1.82) is 0 Å². The molecule has 84 valence electrons. The van der Waals surface area contributed by atoms with E-state index in [2.05, 4.69) is 11.9 Å². The lowest BCUT2D eigenvalue weighted by Crippen LogP contribution is -2.67. The maximum atomic E-state index is 12.0. The monoisotopic (exact) mass is 210 g/mol. The fraction of sp³-hybridized carbons (Fsp3) is 0.636. The number of amides is 2. The fourth-order valence-corrected chi connectivity index (χ4v) is 1.67. The third-order valence-electron chi connectivity index (χ3n) is 2.65. The quantitative estimate of drug-likeness (QED) is 0.697. The van der Waals surface area contributed by atoms with Gasteiger partial charge in [0.25, 0.3) is 0 Å². The molecule has 1 atom stereocenters. The van der Waals surface area contributed by atoms with Crippen LogP contribution in [0.15, 0.2) is 12.7 Å². The third-order valence-corrected chi connectivity index (χ3v) is 2.65. The summed E-state index contributed by atoms with van der Waals surface area (Å²) in [5, 5.41) is 2.71. The van der Waals surface area contributed by atoms with Crippen LogP contribution in [0.25, 0.3) is 0 Å². The van der Waals surface area contributed by atoms with Crippen LogP contribution in [0.4, 0.5) is 0 Å². The number of nitrogens with one attached hydrogen (secondary N) is 1. The minimum Gasteiger partial charge on any atom is -0.340 e. The zero-order valence-corrected chi connectivity index (χ0v) is 9.54. The van der Waals surface area contributed by atoms with Gasteiger partial charge >= 0.3 is 0 Å². The Balaban J connectivity index is 2.85. The van der Waals surface area contributed by atoms with E-state index in [0.29, 0.717) is 13.0 Å². The van der Waals surface area contributed by atoms with Crippen LogP contribution in [0.5, 0.6) is 0 Å². The second kappa shape index (κ2) is 4.04. The zero-order valence-electron chi connectivity index (χ0n) is 9.54. The average Bonchev–Trinajstić information content (AvgIpc) is 2.15. The predicted octanol–water partition coefficient (Wildman–Crippen LogP) is 0.688. The van der Waals surface area contributed by atoms with Crippen LogP contribution in [-0.4, -0.2) is 34.8 Å². The molecule has 1 aliphatic rings. The molecule has 0 aromatic rings. The van der Waals surface area contributed by atoms with Gasteiger partial charge in [-0.15, -0.1) is 6.58 Å². The molecule has 0 aromatic carbocycles. The Kier molecular flexibility index (Phi) is 3.17. The second-order valence-electron chi connectivity index (χ2n) is 4.37. The van der Waals surface area contributed by atoms with Crippen molar-refractivity contribution in [2.45, 2.75) is 38.8 Å². The highest BCUT2D eigenvalue weighted by Gasteiger charge is 2.42. The molecule has 1 saturated heterocycles. The van der Waals surface area contributed by atoms with E-state index in [4.69, 9.17) is 0 Å². The molecule has 0 saturated carbocycles. The van der Waals surface area contributed by atoms with Gasteiger partial charge < -0.3 is 10.2 Å². The van der Waals surface area contributed by atoms with E-state index < -0.39 is 5.54 Å². The van der Waals surface area contributed by atoms with Crippen LogP contribution in [0, 0.1) is 0 Å². The van der Waals surface area contributed by atoms with Crippen molar-refractivity contribution in [2.24, 2.45) is 0 Å². The van der Waals surface area contributed by atoms with Gasteiger partial charge in [0.2, 0.25) is 11.8 Å². The molecule has 0 aromatic heterocycles. The van der Waals surface area contributed by atoms with Gasteiger partial charge in [-0.3, -0.25) is 9.59 Å². The van der Waals surface area contributed by atoms with Gasteiger partial charge in [0.15, 0.2) is 0 Å². The number of carbonyl (C=O) groups is 2. The Bertz CT molecular complexity index is 297. The summed E-state index contributed by atoms with van der Waals surface area (Å²) in [6.07, 6.45) is 2.46. The highest BCUT2D eigenvalue weighted by molar-refractivity contribution is 5.99. The van der Waals surface area contributed by atoms with Gasteiger partial charge in [-0.2, -0.15) is 0 Å². The first-order valence-electron chi connectivity index (χ1n) is 5.14. The Hall–Kier alpha value is -1.32. The van der Waals surface area contributed by atoms with Crippen molar-refractivity contribution in [3.8, 4) is 0 Å². The van der Waals surface area contributed by atoms with E-state index in [1.807, 2.05) is 0 Å². The van der Waals surface area contributed by atoms with Crippen molar-refractivity contribution in [3.05, 3.63) is 12.7 Å². The van der Waals surface area contributed by atoms with E-state index in [-0.39, 0.29) is 17.9 Å². The van der Waals surface area contributed by atoms with Crippen molar-refractivity contribution in [1.82, 2.24) is 10.2 Å². The summed E-state index contributed by atoms with van der Waals surface area (Å²) in [7, 11) is 0. The number of rotatable bonds is 3. The van der Waals surface area contributed by atoms with Crippen molar-refractivity contribution >= 4 is 11.8 Å². The molecule has 1 N–H and O–H groups in total. The summed E-state index contributed by atoms with van der Waals surface area (Å²) in [5.74, 6) is -0.125. The first kappa shape index (κ1) is 11.8. The molecule has 2 amide bonds. The standard InChI is InChI=1S/C11H18N2O2/c1-5-6-7-13-8(2)9(14)12-11(3,4)10(13)15/h5,8H,1,6-7H2,2-4H3,(H,12,14). The van der Waals surface area contributed by atoms with E-state index in [1.165, 1.54) is 0 Å². The van der Waals surface area contributed by atoms with Gasteiger partial charge in [-0.05, 0) is 27.2 Å². The van der Waals surface area contributed by atoms with E-state index in [0.717, 1.165) is 0 Å². The molecule has 0 bridgehead atoms. The van der Waals surface area contributed by atoms with Gasteiger partial charge in [0.05, 0.1) is 0 Å². The number of piperazine rings is 1. The van der Waals surface area contributed by atoms with E-state index >= 15 is 0 Å². The van der Waals surface area contributed by atoms with E-state index in [9.17, 15) is 9.59 Å². The topological polar surface area (TPSA) is 49.4 Å². The third kappa shape index (κ3) is 2.19. The summed E-state index contributed by atoms with van der Waals surface area (Å²) in [4.78, 5) is 25.2. The molecule has 1 rings (SSSR count). The summed E-state index contributed by atoms with van der Waals surface area (Å²) in [5.41, 5.74) is -0.787. The highest BCUT2D eigenvalue weighted by atomic mass is 16.2. The summed E-state index contributed by atoms with van der Waals surface area (Å²) in [6, 6.07) is -0.384. The van der Waals surface area contributed by atoms with E-state index in [1.54, 1.807) is 31.7 Å². The molecule has 0 aliphatic carbocycles. The average molecular weight is 210 g/mol. The lowest BCUT2D eigenvalue weighted by atomic mass is 9.97. The van der Waals surface area contributed by atoms with Crippen LogP contribution in [0.3, 0.4) is 0 Å². The van der Waals surface area contributed by atoms with Crippen molar-refractivity contribution in [2.75, 3.05) is 6.54 Å². The SMILES string of the molecule is C=CCCN1C(=O)C(C)(C)NC(=O)C1C. The molecule has 4 heteroatoms. The summed E-state index contributed by atoms with van der Waals surface area (Å²) in [6.45, 7) is 9.35. The normalized spacial score (nSPS) is 25.0. The molecule has 0 spiro atoms. The lowest BCUT2D eigenvalue weighted by Gasteiger charge is -2.41. The number of nitrogens with zero attached hydrogens (tertiary/aromatic N) is 1. The largest absolute Gasteiger partial charge is 0.340 e. The molecule has 1 fully saturated rings. The van der Waals surface area contributed by atoms with Crippen LogP contribution >= 0.6 is 0 Å². The number of hydrogen-bond donors (Lipinski definition) is 1. The van der Waals surface area contributed by atoms with Gasteiger partial charge in [-0.25, -0.2) is 0 Å². The Morgan fingerprint density at radius 2 is 2.13 bits per heavy atom. The number of hydrogen-bond acceptors (Lipinski definition) is 2. The van der Waals surface area contributed by atoms with Gasteiger partial charge in [0, 0.05) is 6.54 Å². The Morgan fingerprint density at radius 1 is 1.53 bits per heavy atom. The maximum Gasteiger partial charge on any atom is 0.248 e. The molecular formula is C11H18N2O2. The highest BCUT2D eigenvalue weighted by Crippen LogP contribution is 2.17. The summed E-state index contributed by atoms with van der Waals surface area (Å²) >= 11 is 0. The van der Waals surface area contributed by atoms with Gasteiger partial charge in [-0.1, -0.05) is 6.08 Å². The predicted molar refractivity (Wildman–Crippen MR) is 58.2 cm³/mol. The minimum absolute atomic E-state index is 0.0311. The van der Waals surface area contributed by atoms with Gasteiger partial charge in [0.1, 0.15) is 11.6 Å². The first-order chi connectivity index (χ1) is 6.90. The molecule has 1 heterocycles. The molecular weight excluding hydrogens is 192 g/mol. The molecule has 1 aliphatic heterocycles. The second-order valence-corrected chi connectivity index (χ2v) is 4.37. The maximum absolute atomic E-state index is 12.0. The summed E-state index contributed by atoms with van der Waals surface area (Å²) < 4.78 is 0. The first-order valence-corrected chi connectivity index (χ1v) is 5.14.